The summed E-state index contributed by atoms with van der Waals surface area (Å²) in [5.74, 6) is -0.532. The van der Waals surface area contributed by atoms with Crippen LogP contribution in [0.4, 0.5) is 5.69 Å². The lowest BCUT2D eigenvalue weighted by atomic mass is 10.1. The minimum Gasteiger partial charge on any atom is -0.462 e. The highest BCUT2D eigenvalue weighted by Gasteiger charge is 2.30. The molecule has 5 rings (SSSR count). The Morgan fingerprint density at radius 3 is 2.68 bits per heavy atom. The summed E-state index contributed by atoms with van der Waals surface area (Å²) in [6.07, 6.45) is 3.96. The van der Waals surface area contributed by atoms with Crippen molar-refractivity contribution >= 4 is 63.1 Å². The molecule has 6 nitrogen and oxygen atoms in total. The van der Waals surface area contributed by atoms with Gasteiger partial charge in [0.25, 0.3) is 5.91 Å². The van der Waals surface area contributed by atoms with E-state index < -0.39 is 5.97 Å². The van der Waals surface area contributed by atoms with Gasteiger partial charge < -0.3 is 9.30 Å². The van der Waals surface area contributed by atoms with E-state index in [0.29, 0.717) is 34.5 Å². The Morgan fingerprint density at radius 1 is 1.08 bits per heavy atom. The summed E-state index contributed by atoms with van der Waals surface area (Å²) in [6.45, 7) is 2.68. The molecule has 1 fully saturated rings. The molecule has 0 N–H and O–H groups in total. The molecule has 0 unspecified atom stereocenters. The number of aromatic nitrogens is 1. The quantitative estimate of drug-likeness (QED) is 0.205. The predicted octanol–water partition coefficient (Wildman–Crippen LogP) is 6.75. The van der Waals surface area contributed by atoms with Crippen LogP contribution >= 0.6 is 23.4 Å². The summed E-state index contributed by atoms with van der Waals surface area (Å²) in [4.78, 5) is 31.9. The first-order valence-corrected chi connectivity index (χ1v) is 13.0. The topological polar surface area (TPSA) is 63.9 Å². The van der Waals surface area contributed by atoms with Gasteiger partial charge in [-0.3, -0.25) is 9.69 Å². The number of amidine groups is 1. The van der Waals surface area contributed by atoms with Crippen molar-refractivity contribution in [2.45, 2.75) is 13.5 Å². The Morgan fingerprint density at radius 2 is 1.86 bits per heavy atom. The van der Waals surface area contributed by atoms with Crippen molar-refractivity contribution in [3.8, 4) is 0 Å². The minimum atomic E-state index is -0.401. The third-order valence-corrected chi connectivity index (χ3v) is 7.42. The van der Waals surface area contributed by atoms with E-state index in [1.807, 2.05) is 48.7 Å². The number of amides is 1. The molecule has 8 heteroatoms. The molecule has 0 bridgehead atoms. The number of aliphatic imine (C=N–C) groups is 1. The van der Waals surface area contributed by atoms with Crippen molar-refractivity contribution in [3.63, 3.8) is 0 Å². The first-order chi connectivity index (χ1) is 17.9. The third kappa shape index (κ3) is 5.19. The van der Waals surface area contributed by atoms with Crippen LogP contribution in [0.2, 0.25) is 5.02 Å². The van der Waals surface area contributed by atoms with Crippen LogP contribution in [-0.4, -0.2) is 40.2 Å². The van der Waals surface area contributed by atoms with E-state index in [-0.39, 0.29) is 5.91 Å². The number of benzene rings is 3. The maximum Gasteiger partial charge on any atom is 0.338 e. The smallest absolute Gasteiger partial charge is 0.338 e. The van der Waals surface area contributed by atoms with Crippen LogP contribution in [0.25, 0.3) is 17.0 Å². The molecular formula is C29H24ClN3O3S. The normalized spacial score (nSPS) is 15.8. The van der Waals surface area contributed by atoms with E-state index in [0.717, 1.165) is 27.1 Å². The fourth-order valence-electron chi connectivity index (χ4n) is 4.15. The molecule has 0 atom stereocenters. The van der Waals surface area contributed by atoms with Crippen LogP contribution in [0.3, 0.4) is 0 Å². The lowest BCUT2D eigenvalue weighted by Gasteiger charge is -2.07. The van der Waals surface area contributed by atoms with Crippen LogP contribution in [0.5, 0.6) is 0 Å². The molecule has 1 aliphatic heterocycles. The van der Waals surface area contributed by atoms with Crippen LogP contribution in [0, 0.1) is 0 Å². The highest BCUT2D eigenvalue weighted by atomic mass is 35.5. The number of nitrogens with zero attached hydrogens (tertiary/aromatic N) is 3. The monoisotopic (exact) mass is 529 g/mol. The van der Waals surface area contributed by atoms with Gasteiger partial charge in [-0.25, -0.2) is 9.79 Å². The lowest BCUT2D eigenvalue weighted by molar-refractivity contribution is -0.121. The van der Waals surface area contributed by atoms with Gasteiger partial charge in [-0.1, -0.05) is 54.1 Å². The maximum absolute atomic E-state index is 13.1. The second kappa shape index (κ2) is 10.7. The number of carbonyl (C=O) groups is 2. The number of ether oxygens (including phenoxy) is 1. The molecule has 0 spiro atoms. The number of hydrogen-bond acceptors (Lipinski definition) is 5. The van der Waals surface area contributed by atoms with E-state index >= 15 is 0 Å². The molecule has 0 aliphatic carbocycles. The number of rotatable bonds is 6. The van der Waals surface area contributed by atoms with Gasteiger partial charge in [0.2, 0.25) is 0 Å². The standard InChI is InChI=1S/C29H24ClN3O3S/c1-3-36-28(35)19-10-8-11-22(15-19)31-29-32(2)27(34)26(37-29)16-21-18-33(25-14-7-5-12-23(21)25)17-20-9-4-6-13-24(20)30/h4-16,18H,3,17H2,1-2H3. The first-order valence-electron chi connectivity index (χ1n) is 11.8. The first kappa shape index (κ1) is 24.9. The van der Waals surface area contributed by atoms with Crippen molar-refractivity contribution < 1.29 is 14.3 Å². The molecule has 1 saturated heterocycles. The van der Waals surface area contributed by atoms with E-state index in [2.05, 4.69) is 21.7 Å². The van der Waals surface area contributed by atoms with Crippen molar-refractivity contribution in [2.75, 3.05) is 13.7 Å². The summed E-state index contributed by atoms with van der Waals surface area (Å²) >= 11 is 7.72. The van der Waals surface area contributed by atoms with Gasteiger partial charge >= 0.3 is 5.97 Å². The third-order valence-electron chi connectivity index (χ3n) is 5.99. The van der Waals surface area contributed by atoms with E-state index in [9.17, 15) is 9.59 Å². The summed E-state index contributed by atoms with van der Waals surface area (Å²) in [5, 5.41) is 2.30. The molecule has 1 aromatic heterocycles. The zero-order chi connectivity index (χ0) is 25.9. The maximum atomic E-state index is 13.1. The fourth-order valence-corrected chi connectivity index (χ4v) is 5.32. The molecule has 0 radical (unpaired) electrons. The predicted molar refractivity (Wildman–Crippen MR) is 150 cm³/mol. The number of halogens is 1. The van der Waals surface area contributed by atoms with Crippen LogP contribution in [-0.2, 0) is 16.1 Å². The minimum absolute atomic E-state index is 0.131. The Balaban J connectivity index is 1.46. The van der Waals surface area contributed by atoms with Gasteiger partial charge in [0.05, 0.1) is 22.8 Å². The van der Waals surface area contributed by atoms with Crippen molar-refractivity contribution in [1.29, 1.82) is 0 Å². The van der Waals surface area contributed by atoms with Gasteiger partial charge in [0.1, 0.15) is 0 Å². The second-order valence-corrected chi connectivity index (χ2v) is 9.88. The van der Waals surface area contributed by atoms with Crippen molar-refractivity contribution in [2.24, 2.45) is 4.99 Å². The largest absolute Gasteiger partial charge is 0.462 e. The molecule has 37 heavy (non-hydrogen) atoms. The molecule has 1 aliphatic rings. The summed E-state index contributed by atoms with van der Waals surface area (Å²) < 4.78 is 7.23. The average Bonchev–Trinajstić information content (AvgIpc) is 3.38. The zero-order valence-electron chi connectivity index (χ0n) is 20.3. The molecule has 4 aromatic rings. The Kier molecular flexibility index (Phi) is 7.17. The summed E-state index contributed by atoms with van der Waals surface area (Å²) in [6, 6.07) is 22.8. The number of fused-ring (bicyclic) bond motifs is 1. The second-order valence-electron chi connectivity index (χ2n) is 8.46. The zero-order valence-corrected chi connectivity index (χ0v) is 21.9. The van der Waals surface area contributed by atoms with Gasteiger partial charge in [0, 0.05) is 41.3 Å². The van der Waals surface area contributed by atoms with Gasteiger partial charge in [-0.2, -0.15) is 0 Å². The molecule has 3 aromatic carbocycles. The Hall–Kier alpha value is -3.81. The molecule has 2 heterocycles. The molecule has 0 saturated carbocycles. The van der Waals surface area contributed by atoms with Crippen LogP contribution in [0.1, 0.15) is 28.4 Å². The van der Waals surface area contributed by atoms with Gasteiger partial charge in [-0.05, 0) is 60.7 Å². The van der Waals surface area contributed by atoms with Crippen molar-refractivity contribution in [1.82, 2.24) is 9.47 Å². The number of para-hydroxylation sites is 1. The van der Waals surface area contributed by atoms with Gasteiger partial charge in [0.15, 0.2) is 5.17 Å². The summed E-state index contributed by atoms with van der Waals surface area (Å²) in [7, 11) is 1.70. The van der Waals surface area contributed by atoms with Crippen molar-refractivity contribution in [3.05, 3.63) is 106 Å². The Bertz CT molecular complexity index is 1570. The molecular weight excluding hydrogens is 506 g/mol. The van der Waals surface area contributed by atoms with Crippen LogP contribution in [0.15, 0.2) is 88.9 Å². The number of esters is 1. The number of hydrogen-bond donors (Lipinski definition) is 0. The number of likely N-dealkylation sites (N-methyl/N-ethyl adjacent to an activating group) is 1. The summed E-state index contributed by atoms with van der Waals surface area (Å²) in [5.41, 5.74) is 4.02. The fraction of sp³-hybridized carbons (Fsp3) is 0.138. The number of thioether (sulfide) groups is 1. The highest BCUT2D eigenvalue weighted by Crippen LogP contribution is 2.35. The molecule has 1 amide bonds. The Labute approximate surface area is 224 Å². The van der Waals surface area contributed by atoms with Gasteiger partial charge in [-0.15, -0.1) is 0 Å². The molecule has 186 valence electrons. The average molecular weight is 530 g/mol. The van der Waals surface area contributed by atoms with E-state index in [4.69, 9.17) is 16.3 Å². The highest BCUT2D eigenvalue weighted by molar-refractivity contribution is 8.18. The number of carbonyl (C=O) groups excluding carboxylic acids is 2. The van der Waals surface area contributed by atoms with E-state index in [1.165, 1.54) is 16.7 Å². The van der Waals surface area contributed by atoms with Crippen LogP contribution < -0.4 is 0 Å². The SMILES string of the molecule is CCOC(=O)c1cccc(N=C2SC(=Cc3cn(Cc4ccccc4Cl)c4ccccc34)C(=O)N2C)c1. The lowest BCUT2D eigenvalue weighted by Crippen LogP contribution is -2.23. The van der Waals surface area contributed by atoms with E-state index in [1.54, 1.807) is 38.2 Å².